The van der Waals surface area contributed by atoms with Crippen molar-refractivity contribution in [3.8, 4) is 5.75 Å². The Morgan fingerprint density at radius 1 is 1.10 bits per heavy atom. The number of ether oxygens (including phenoxy) is 1. The summed E-state index contributed by atoms with van der Waals surface area (Å²) in [6.45, 7) is 0.493. The van der Waals surface area contributed by atoms with Gasteiger partial charge in [0.1, 0.15) is 5.75 Å². The number of nitrogens with two attached hydrogens (primary N) is 1. The van der Waals surface area contributed by atoms with Gasteiger partial charge in [-0.15, -0.1) is 0 Å². The standard InChI is InChI=1S/C12H18N2O5S/c13-20(17,18)10-4-2-1-3-9-19-12-7-5-11(6-8-12)14(15)16/h5-8H,1-4,9-10H2,(H2,13,17,18). The van der Waals surface area contributed by atoms with Gasteiger partial charge in [-0.25, -0.2) is 13.6 Å². The number of hydrogen-bond donors (Lipinski definition) is 1. The van der Waals surface area contributed by atoms with Gasteiger partial charge in [-0.3, -0.25) is 10.1 Å². The quantitative estimate of drug-likeness (QED) is 0.424. The zero-order valence-corrected chi connectivity index (χ0v) is 11.8. The zero-order valence-electron chi connectivity index (χ0n) is 11.0. The van der Waals surface area contributed by atoms with Crippen molar-refractivity contribution in [2.24, 2.45) is 5.14 Å². The van der Waals surface area contributed by atoms with Crippen molar-refractivity contribution in [3.05, 3.63) is 34.4 Å². The highest BCUT2D eigenvalue weighted by atomic mass is 32.2. The normalized spacial score (nSPS) is 11.2. The lowest BCUT2D eigenvalue weighted by atomic mass is 10.2. The highest BCUT2D eigenvalue weighted by Crippen LogP contribution is 2.17. The maximum Gasteiger partial charge on any atom is 0.269 e. The predicted octanol–water partition coefficient (Wildman–Crippen LogP) is 1.82. The van der Waals surface area contributed by atoms with Gasteiger partial charge in [-0.05, 0) is 25.0 Å². The fourth-order valence-corrected chi connectivity index (χ4v) is 2.22. The van der Waals surface area contributed by atoms with Crippen molar-refractivity contribution in [2.45, 2.75) is 25.7 Å². The molecule has 8 heteroatoms. The third-order valence-electron chi connectivity index (χ3n) is 2.64. The summed E-state index contributed by atoms with van der Waals surface area (Å²) >= 11 is 0. The van der Waals surface area contributed by atoms with Gasteiger partial charge in [0, 0.05) is 12.1 Å². The van der Waals surface area contributed by atoms with E-state index in [2.05, 4.69) is 0 Å². The van der Waals surface area contributed by atoms with Crippen LogP contribution in [-0.2, 0) is 10.0 Å². The zero-order chi connectivity index (χ0) is 15.0. The van der Waals surface area contributed by atoms with E-state index in [1.54, 1.807) is 12.1 Å². The van der Waals surface area contributed by atoms with Crippen LogP contribution in [0, 0.1) is 10.1 Å². The Morgan fingerprint density at radius 2 is 1.70 bits per heavy atom. The van der Waals surface area contributed by atoms with Crippen LogP contribution < -0.4 is 9.88 Å². The van der Waals surface area contributed by atoms with Gasteiger partial charge in [0.25, 0.3) is 5.69 Å². The van der Waals surface area contributed by atoms with E-state index >= 15 is 0 Å². The van der Waals surface area contributed by atoms with E-state index in [1.807, 2.05) is 0 Å². The Labute approximate surface area is 117 Å². The van der Waals surface area contributed by atoms with Crippen LogP contribution in [0.3, 0.4) is 0 Å². The monoisotopic (exact) mass is 302 g/mol. The highest BCUT2D eigenvalue weighted by molar-refractivity contribution is 7.89. The molecule has 0 aromatic heterocycles. The predicted molar refractivity (Wildman–Crippen MR) is 75.0 cm³/mol. The Morgan fingerprint density at radius 3 is 2.25 bits per heavy atom. The lowest BCUT2D eigenvalue weighted by Crippen LogP contribution is -2.16. The van der Waals surface area contributed by atoms with Gasteiger partial charge in [0.2, 0.25) is 10.0 Å². The second-order valence-electron chi connectivity index (χ2n) is 4.38. The summed E-state index contributed by atoms with van der Waals surface area (Å²) in [6, 6.07) is 5.89. The Bertz CT molecular complexity index is 527. The fourth-order valence-electron chi connectivity index (χ4n) is 1.61. The first-order chi connectivity index (χ1) is 9.38. The Kier molecular flexibility index (Phi) is 6.40. The van der Waals surface area contributed by atoms with Crippen LogP contribution in [0.4, 0.5) is 5.69 Å². The summed E-state index contributed by atoms with van der Waals surface area (Å²) in [7, 11) is -3.36. The van der Waals surface area contributed by atoms with Crippen LogP contribution in [0.5, 0.6) is 5.75 Å². The molecule has 0 aliphatic rings. The molecule has 1 aromatic rings. The summed E-state index contributed by atoms with van der Waals surface area (Å²) < 4.78 is 26.8. The lowest BCUT2D eigenvalue weighted by Gasteiger charge is -2.05. The molecule has 0 fully saturated rings. The molecular formula is C12H18N2O5S. The molecule has 0 unspecified atom stereocenters. The van der Waals surface area contributed by atoms with Gasteiger partial charge in [-0.1, -0.05) is 12.8 Å². The van der Waals surface area contributed by atoms with Gasteiger partial charge in [-0.2, -0.15) is 0 Å². The van der Waals surface area contributed by atoms with E-state index < -0.39 is 14.9 Å². The maximum atomic E-state index is 10.7. The van der Waals surface area contributed by atoms with Crippen LogP contribution in [0.2, 0.25) is 0 Å². The van der Waals surface area contributed by atoms with Crippen molar-refractivity contribution in [1.82, 2.24) is 0 Å². The Hall–Kier alpha value is -1.67. The number of nitrogens with zero attached hydrogens (tertiary/aromatic N) is 1. The van der Waals surface area contributed by atoms with Gasteiger partial charge in [0.15, 0.2) is 0 Å². The molecule has 0 radical (unpaired) electrons. The van der Waals surface area contributed by atoms with Crippen LogP contribution in [-0.4, -0.2) is 25.7 Å². The van der Waals surface area contributed by atoms with Crippen LogP contribution in [0.25, 0.3) is 0 Å². The first-order valence-corrected chi connectivity index (χ1v) is 7.98. The number of unbranched alkanes of at least 4 members (excludes halogenated alkanes) is 3. The van der Waals surface area contributed by atoms with Crippen molar-refractivity contribution in [2.75, 3.05) is 12.4 Å². The van der Waals surface area contributed by atoms with Crippen LogP contribution in [0.15, 0.2) is 24.3 Å². The summed E-state index contributed by atoms with van der Waals surface area (Å²) in [5.41, 5.74) is 0.0281. The Balaban J connectivity index is 2.14. The largest absolute Gasteiger partial charge is 0.494 e. The molecule has 0 atom stereocenters. The molecule has 0 aliphatic carbocycles. The summed E-state index contributed by atoms with van der Waals surface area (Å²) in [5, 5.41) is 15.3. The van der Waals surface area contributed by atoms with E-state index in [9.17, 15) is 18.5 Å². The topological polar surface area (TPSA) is 113 Å². The SMILES string of the molecule is NS(=O)(=O)CCCCCCOc1ccc([N+](=O)[O-])cc1. The third-order valence-corrected chi connectivity index (χ3v) is 3.50. The number of non-ortho nitro benzene ring substituents is 1. The molecule has 112 valence electrons. The fraction of sp³-hybridized carbons (Fsp3) is 0.500. The minimum Gasteiger partial charge on any atom is -0.494 e. The number of rotatable bonds is 9. The second kappa shape index (κ2) is 7.81. The second-order valence-corrected chi connectivity index (χ2v) is 6.11. The molecule has 0 bridgehead atoms. The van der Waals surface area contributed by atoms with Crippen molar-refractivity contribution < 1.29 is 18.1 Å². The van der Waals surface area contributed by atoms with Crippen molar-refractivity contribution in [3.63, 3.8) is 0 Å². The van der Waals surface area contributed by atoms with Gasteiger partial charge < -0.3 is 4.74 Å². The van der Waals surface area contributed by atoms with Crippen molar-refractivity contribution in [1.29, 1.82) is 0 Å². The molecule has 1 rings (SSSR count). The number of sulfonamides is 1. The number of primary sulfonamides is 1. The van der Waals surface area contributed by atoms with E-state index in [0.29, 0.717) is 18.8 Å². The van der Waals surface area contributed by atoms with Crippen LogP contribution >= 0.6 is 0 Å². The number of hydrogen-bond acceptors (Lipinski definition) is 5. The number of nitro benzene ring substituents is 1. The first kappa shape index (κ1) is 16.4. The van der Waals surface area contributed by atoms with E-state index in [1.165, 1.54) is 12.1 Å². The molecule has 20 heavy (non-hydrogen) atoms. The summed E-state index contributed by atoms with van der Waals surface area (Å²) in [5.74, 6) is 0.594. The molecule has 0 spiro atoms. The summed E-state index contributed by atoms with van der Waals surface area (Å²) in [4.78, 5) is 9.99. The van der Waals surface area contributed by atoms with Crippen molar-refractivity contribution >= 4 is 15.7 Å². The molecular weight excluding hydrogens is 284 g/mol. The molecule has 2 N–H and O–H groups in total. The minimum absolute atomic E-state index is 0.0101. The minimum atomic E-state index is -3.36. The molecule has 0 heterocycles. The van der Waals surface area contributed by atoms with E-state index in [0.717, 1.165) is 19.3 Å². The average molecular weight is 302 g/mol. The van der Waals surface area contributed by atoms with Gasteiger partial charge in [0.05, 0.1) is 17.3 Å². The number of benzene rings is 1. The maximum absolute atomic E-state index is 10.7. The van der Waals surface area contributed by atoms with E-state index in [-0.39, 0.29) is 11.4 Å². The first-order valence-electron chi connectivity index (χ1n) is 6.26. The highest BCUT2D eigenvalue weighted by Gasteiger charge is 2.04. The molecule has 7 nitrogen and oxygen atoms in total. The molecule has 0 saturated carbocycles. The molecule has 0 aliphatic heterocycles. The third kappa shape index (κ3) is 7.05. The smallest absolute Gasteiger partial charge is 0.269 e. The molecule has 0 saturated heterocycles. The van der Waals surface area contributed by atoms with Crippen LogP contribution in [0.1, 0.15) is 25.7 Å². The molecule has 1 aromatic carbocycles. The number of nitro groups is 1. The van der Waals surface area contributed by atoms with E-state index in [4.69, 9.17) is 9.88 Å². The molecule has 0 amide bonds. The van der Waals surface area contributed by atoms with Gasteiger partial charge >= 0.3 is 0 Å². The lowest BCUT2D eigenvalue weighted by molar-refractivity contribution is -0.384. The summed E-state index contributed by atoms with van der Waals surface area (Å²) in [6.07, 6.45) is 2.97. The average Bonchev–Trinajstić information content (AvgIpc) is 2.37.